The van der Waals surface area contributed by atoms with Crippen LogP contribution < -0.4 is 20.2 Å². The molecule has 30 heavy (non-hydrogen) atoms. The van der Waals surface area contributed by atoms with E-state index in [-0.39, 0.29) is 0 Å². The Balaban J connectivity index is 2.13. The summed E-state index contributed by atoms with van der Waals surface area (Å²) in [6.07, 6.45) is 3.41. The van der Waals surface area contributed by atoms with Gasteiger partial charge in [-0.1, -0.05) is 31.5 Å². The minimum absolute atomic E-state index is 0.313. The smallest absolute Gasteiger partial charge is 0.187 e. The molecule has 0 aliphatic heterocycles. The molecule has 2 aromatic carbocycles. The fourth-order valence-corrected chi connectivity index (χ4v) is 3.25. The summed E-state index contributed by atoms with van der Waals surface area (Å²) in [6, 6.07) is 9.72. The van der Waals surface area contributed by atoms with Gasteiger partial charge < -0.3 is 14.8 Å². The van der Waals surface area contributed by atoms with Crippen LogP contribution >= 0.6 is 23.8 Å². The summed E-state index contributed by atoms with van der Waals surface area (Å²) in [7, 11) is 1.64. The second-order valence-electron chi connectivity index (χ2n) is 7.03. The summed E-state index contributed by atoms with van der Waals surface area (Å²) in [4.78, 5) is 0. The summed E-state index contributed by atoms with van der Waals surface area (Å²) < 4.78 is 11.5. The molecular weight excluding hydrogens is 418 g/mol. The van der Waals surface area contributed by atoms with Gasteiger partial charge in [-0.05, 0) is 72.1 Å². The molecule has 2 aromatic rings. The molecule has 0 aromatic heterocycles. The number of methoxy groups -OCH3 is 1. The molecule has 0 spiro atoms. The molecule has 0 saturated heterocycles. The molecule has 0 heterocycles. The van der Waals surface area contributed by atoms with Gasteiger partial charge in [0.2, 0.25) is 0 Å². The van der Waals surface area contributed by atoms with Gasteiger partial charge in [0.05, 0.1) is 13.3 Å². The zero-order valence-electron chi connectivity index (χ0n) is 17.8. The Bertz CT molecular complexity index is 929. The van der Waals surface area contributed by atoms with Gasteiger partial charge in [-0.3, -0.25) is 5.43 Å². The van der Waals surface area contributed by atoms with E-state index in [4.69, 9.17) is 33.3 Å². The number of hydrogen-bond acceptors (Lipinski definition) is 4. The Morgan fingerprint density at radius 3 is 2.73 bits per heavy atom. The van der Waals surface area contributed by atoms with E-state index in [9.17, 15) is 0 Å². The zero-order chi connectivity index (χ0) is 22.1. The van der Waals surface area contributed by atoms with E-state index in [0.717, 1.165) is 38.8 Å². The Morgan fingerprint density at radius 1 is 1.30 bits per heavy atom. The van der Waals surface area contributed by atoms with Gasteiger partial charge in [0.1, 0.15) is 18.1 Å². The predicted molar refractivity (Wildman–Crippen MR) is 129 cm³/mol. The van der Waals surface area contributed by atoms with Crippen LogP contribution in [0.4, 0.5) is 0 Å². The molecule has 7 heteroatoms. The first kappa shape index (κ1) is 23.7. The third-order valence-corrected chi connectivity index (χ3v) is 5.12. The minimum atomic E-state index is 0.313. The normalized spacial score (nSPS) is 10.9. The van der Waals surface area contributed by atoms with Gasteiger partial charge in [0.25, 0.3) is 0 Å². The van der Waals surface area contributed by atoms with E-state index in [1.807, 2.05) is 37.3 Å². The van der Waals surface area contributed by atoms with Gasteiger partial charge in [0.15, 0.2) is 5.11 Å². The molecule has 0 aliphatic rings. The topological polar surface area (TPSA) is 54.9 Å². The van der Waals surface area contributed by atoms with Crippen LogP contribution in [0.1, 0.15) is 42.0 Å². The summed E-state index contributed by atoms with van der Waals surface area (Å²) >= 11 is 11.5. The largest absolute Gasteiger partial charge is 0.496 e. The van der Waals surface area contributed by atoms with Crippen molar-refractivity contribution in [2.24, 2.45) is 5.10 Å². The van der Waals surface area contributed by atoms with Crippen molar-refractivity contribution in [3.63, 3.8) is 0 Å². The number of nitrogens with zero attached hydrogens (tertiary/aromatic N) is 1. The first-order valence-electron chi connectivity index (χ1n) is 9.63. The van der Waals surface area contributed by atoms with Crippen LogP contribution in [0.3, 0.4) is 0 Å². The van der Waals surface area contributed by atoms with E-state index in [0.29, 0.717) is 24.2 Å². The SMILES string of the molecule is C=CCNC(=S)NN=Cc1ccc(OC)c(COc2cc(C)c(Cl)c(C(C)C)c2)c1. The highest BCUT2D eigenvalue weighted by Gasteiger charge is 2.11. The lowest BCUT2D eigenvalue weighted by Crippen LogP contribution is -2.31. The van der Waals surface area contributed by atoms with E-state index in [2.05, 4.69) is 36.3 Å². The molecule has 2 rings (SSSR count). The summed E-state index contributed by atoms with van der Waals surface area (Å²) in [5.41, 5.74) is 6.64. The third kappa shape index (κ3) is 6.75. The van der Waals surface area contributed by atoms with Crippen LogP contribution in [0.15, 0.2) is 48.1 Å². The van der Waals surface area contributed by atoms with E-state index < -0.39 is 0 Å². The summed E-state index contributed by atoms with van der Waals surface area (Å²) in [5.74, 6) is 1.84. The lowest BCUT2D eigenvalue weighted by molar-refractivity contribution is 0.296. The van der Waals surface area contributed by atoms with Gasteiger partial charge >= 0.3 is 0 Å². The molecule has 0 bridgehead atoms. The van der Waals surface area contributed by atoms with Gasteiger partial charge in [-0.15, -0.1) is 6.58 Å². The highest BCUT2D eigenvalue weighted by atomic mass is 35.5. The summed E-state index contributed by atoms with van der Waals surface area (Å²) in [6.45, 7) is 10.8. The van der Waals surface area contributed by atoms with E-state index in [1.165, 1.54) is 0 Å². The molecule has 5 nitrogen and oxygen atoms in total. The number of halogens is 1. The average molecular weight is 446 g/mol. The number of ether oxygens (including phenoxy) is 2. The van der Waals surface area contributed by atoms with Gasteiger partial charge in [-0.25, -0.2) is 0 Å². The van der Waals surface area contributed by atoms with E-state index >= 15 is 0 Å². The van der Waals surface area contributed by atoms with Crippen LogP contribution in [-0.4, -0.2) is 25.0 Å². The van der Waals surface area contributed by atoms with Crippen molar-refractivity contribution in [1.29, 1.82) is 0 Å². The molecule has 0 fully saturated rings. The van der Waals surface area contributed by atoms with Gasteiger partial charge in [-0.2, -0.15) is 5.10 Å². The minimum Gasteiger partial charge on any atom is -0.496 e. The van der Waals surface area contributed by atoms with Crippen LogP contribution in [-0.2, 0) is 6.61 Å². The summed E-state index contributed by atoms with van der Waals surface area (Å²) in [5, 5.41) is 8.32. The van der Waals surface area contributed by atoms with Crippen molar-refractivity contribution >= 4 is 35.1 Å². The van der Waals surface area contributed by atoms with Crippen molar-refractivity contribution in [2.75, 3.05) is 13.7 Å². The quantitative estimate of drug-likeness (QED) is 0.236. The van der Waals surface area contributed by atoms with Crippen LogP contribution in [0.5, 0.6) is 11.5 Å². The van der Waals surface area contributed by atoms with Crippen molar-refractivity contribution in [2.45, 2.75) is 33.3 Å². The Kier molecular flexibility index (Phi) is 9.15. The number of thiocarbonyl (C=S) groups is 1. The molecule has 160 valence electrons. The number of nitrogens with one attached hydrogen (secondary N) is 2. The van der Waals surface area contributed by atoms with Crippen LogP contribution in [0, 0.1) is 6.92 Å². The third-order valence-electron chi connectivity index (χ3n) is 4.36. The molecule has 2 N–H and O–H groups in total. The first-order valence-corrected chi connectivity index (χ1v) is 10.4. The van der Waals surface area contributed by atoms with Crippen molar-refractivity contribution in [1.82, 2.24) is 10.7 Å². The zero-order valence-corrected chi connectivity index (χ0v) is 19.4. The number of hydrazone groups is 1. The van der Waals surface area contributed by atoms with Crippen LogP contribution in [0.2, 0.25) is 5.02 Å². The molecule has 0 saturated carbocycles. The number of rotatable bonds is 9. The molecule has 0 amide bonds. The molecule has 0 radical (unpaired) electrons. The first-order chi connectivity index (χ1) is 14.3. The maximum atomic E-state index is 6.43. The van der Waals surface area contributed by atoms with E-state index in [1.54, 1.807) is 19.4 Å². The Labute approximate surface area is 189 Å². The predicted octanol–water partition coefficient (Wildman–Crippen LogP) is 5.34. The maximum Gasteiger partial charge on any atom is 0.187 e. The lowest BCUT2D eigenvalue weighted by Gasteiger charge is -2.15. The fourth-order valence-electron chi connectivity index (χ4n) is 2.79. The highest BCUT2D eigenvalue weighted by Crippen LogP contribution is 2.32. The van der Waals surface area contributed by atoms with Crippen molar-refractivity contribution < 1.29 is 9.47 Å². The van der Waals surface area contributed by atoms with Crippen molar-refractivity contribution in [3.8, 4) is 11.5 Å². The highest BCUT2D eigenvalue weighted by molar-refractivity contribution is 7.80. The van der Waals surface area contributed by atoms with Crippen molar-refractivity contribution in [3.05, 3.63) is 70.3 Å². The standard InChI is InChI=1S/C23H28ClN3O2S/c1-6-9-25-23(30)27-26-13-17-7-8-21(28-5)18(11-17)14-29-19-10-16(4)22(24)20(12-19)15(2)3/h6-8,10-13,15H,1,9,14H2,2-5H3,(H2,25,27,30). The molecular formula is C23H28ClN3O2S. The second kappa shape index (κ2) is 11.6. The lowest BCUT2D eigenvalue weighted by atomic mass is 10.0. The van der Waals surface area contributed by atoms with Gasteiger partial charge in [0, 0.05) is 17.1 Å². The Hall–Kier alpha value is -2.57. The number of aryl methyl sites for hydroxylation is 1. The number of hydrogen-bond donors (Lipinski definition) is 2. The average Bonchev–Trinajstić information content (AvgIpc) is 2.72. The molecule has 0 unspecified atom stereocenters. The fraction of sp³-hybridized carbons (Fsp3) is 0.304. The second-order valence-corrected chi connectivity index (χ2v) is 7.81. The molecule has 0 atom stereocenters. The molecule has 0 aliphatic carbocycles. The maximum absolute atomic E-state index is 6.43. The Morgan fingerprint density at radius 2 is 2.07 bits per heavy atom. The number of benzene rings is 2. The van der Waals surface area contributed by atoms with Crippen LogP contribution in [0.25, 0.3) is 0 Å². The monoisotopic (exact) mass is 445 g/mol.